The summed E-state index contributed by atoms with van der Waals surface area (Å²) >= 11 is 0. The minimum Gasteiger partial charge on any atom is -0.374 e. The van der Waals surface area contributed by atoms with Crippen molar-refractivity contribution in [1.29, 1.82) is 0 Å². The number of nitrogens with zero attached hydrogens (tertiary/aromatic N) is 1. The second-order valence-corrected chi connectivity index (χ2v) is 6.64. The van der Waals surface area contributed by atoms with Gasteiger partial charge in [-0.25, -0.2) is 0 Å². The maximum absolute atomic E-state index is 5.88. The second kappa shape index (κ2) is 7.27. The first kappa shape index (κ1) is 15.5. The average molecular weight is 301 g/mol. The number of morpholine rings is 1. The Labute approximate surface area is 132 Å². The van der Waals surface area contributed by atoms with Gasteiger partial charge >= 0.3 is 0 Å². The van der Waals surface area contributed by atoms with Crippen LogP contribution in [0.3, 0.4) is 0 Å². The summed E-state index contributed by atoms with van der Waals surface area (Å²) < 4.78 is 5.88. The van der Waals surface area contributed by atoms with E-state index >= 15 is 0 Å². The van der Waals surface area contributed by atoms with Crippen molar-refractivity contribution in [2.45, 2.75) is 26.5 Å². The number of nitrogens with one attached hydrogen (secondary N) is 2. The first-order valence-corrected chi connectivity index (χ1v) is 8.32. The minimum absolute atomic E-state index is 0.303. The van der Waals surface area contributed by atoms with Gasteiger partial charge in [-0.05, 0) is 17.5 Å². The van der Waals surface area contributed by atoms with Crippen LogP contribution in [0, 0.1) is 5.92 Å². The van der Waals surface area contributed by atoms with Crippen LogP contribution in [0.5, 0.6) is 0 Å². The van der Waals surface area contributed by atoms with E-state index in [-0.39, 0.29) is 0 Å². The van der Waals surface area contributed by atoms with E-state index in [1.807, 2.05) is 0 Å². The molecule has 1 fully saturated rings. The van der Waals surface area contributed by atoms with E-state index in [4.69, 9.17) is 4.74 Å². The van der Waals surface area contributed by atoms with Gasteiger partial charge in [0, 0.05) is 49.8 Å². The third-order valence-electron chi connectivity index (χ3n) is 4.21. The topological polar surface area (TPSA) is 40.3 Å². The summed E-state index contributed by atoms with van der Waals surface area (Å²) in [5.41, 5.74) is 2.53. The molecule has 2 N–H and O–H groups in total. The molecule has 0 amide bonds. The van der Waals surface area contributed by atoms with Gasteiger partial charge in [0.2, 0.25) is 0 Å². The highest BCUT2D eigenvalue weighted by Crippen LogP contribution is 2.17. The van der Waals surface area contributed by atoms with Crippen molar-refractivity contribution in [3.05, 3.63) is 36.0 Å². The van der Waals surface area contributed by atoms with Crippen LogP contribution in [0.25, 0.3) is 10.9 Å². The van der Waals surface area contributed by atoms with Crippen LogP contribution >= 0.6 is 0 Å². The molecule has 0 unspecified atom stereocenters. The van der Waals surface area contributed by atoms with Gasteiger partial charge in [-0.15, -0.1) is 0 Å². The lowest BCUT2D eigenvalue weighted by Gasteiger charge is -2.34. The van der Waals surface area contributed by atoms with Crippen molar-refractivity contribution < 1.29 is 4.74 Å². The number of hydrogen-bond donors (Lipinski definition) is 2. The van der Waals surface area contributed by atoms with Crippen LogP contribution in [0.2, 0.25) is 0 Å². The summed E-state index contributed by atoms with van der Waals surface area (Å²) in [6, 6.07) is 8.44. The highest BCUT2D eigenvalue weighted by molar-refractivity contribution is 5.82. The van der Waals surface area contributed by atoms with Gasteiger partial charge in [-0.1, -0.05) is 32.0 Å². The lowest BCUT2D eigenvalue weighted by atomic mass is 10.1. The first-order chi connectivity index (χ1) is 10.7. The molecule has 0 radical (unpaired) electrons. The summed E-state index contributed by atoms with van der Waals surface area (Å²) in [6.45, 7) is 10.5. The molecule has 120 valence electrons. The molecule has 3 rings (SSSR count). The Morgan fingerprint density at radius 2 is 2.23 bits per heavy atom. The lowest BCUT2D eigenvalue weighted by Crippen LogP contribution is -2.47. The standard InChI is InChI=1S/C18H27N3O/c1-14(2)12-21-7-8-22-16(13-21)11-19-9-15-10-20-18-6-4-3-5-17(15)18/h3-6,10,14,16,19-20H,7-9,11-13H2,1-2H3/t16-/m1/s1. The Bertz CT molecular complexity index is 593. The lowest BCUT2D eigenvalue weighted by molar-refractivity contribution is -0.0303. The van der Waals surface area contributed by atoms with Crippen molar-refractivity contribution in [3.8, 4) is 0 Å². The van der Waals surface area contributed by atoms with E-state index in [2.05, 4.69) is 59.5 Å². The fraction of sp³-hybridized carbons (Fsp3) is 0.556. The number of fused-ring (bicyclic) bond motifs is 1. The van der Waals surface area contributed by atoms with Crippen molar-refractivity contribution in [2.24, 2.45) is 5.92 Å². The third kappa shape index (κ3) is 3.88. The monoisotopic (exact) mass is 301 g/mol. The molecule has 1 aliphatic heterocycles. The highest BCUT2D eigenvalue weighted by atomic mass is 16.5. The van der Waals surface area contributed by atoms with E-state index in [0.29, 0.717) is 6.10 Å². The van der Waals surface area contributed by atoms with E-state index in [9.17, 15) is 0 Å². The molecule has 1 saturated heterocycles. The van der Waals surface area contributed by atoms with Gasteiger partial charge < -0.3 is 15.0 Å². The number of aromatic nitrogens is 1. The Balaban J connectivity index is 1.48. The summed E-state index contributed by atoms with van der Waals surface area (Å²) in [4.78, 5) is 5.85. The van der Waals surface area contributed by atoms with Crippen LogP contribution in [-0.2, 0) is 11.3 Å². The molecule has 1 aromatic heterocycles. The first-order valence-electron chi connectivity index (χ1n) is 8.32. The quantitative estimate of drug-likeness (QED) is 0.861. The molecule has 2 heterocycles. The number of rotatable bonds is 6. The number of benzene rings is 1. The Hall–Kier alpha value is -1.36. The van der Waals surface area contributed by atoms with Crippen LogP contribution < -0.4 is 5.32 Å². The number of ether oxygens (including phenoxy) is 1. The van der Waals surface area contributed by atoms with Crippen molar-refractivity contribution in [1.82, 2.24) is 15.2 Å². The fourth-order valence-corrected chi connectivity index (χ4v) is 3.23. The third-order valence-corrected chi connectivity index (χ3v) is 4.21. The zero-order chi connectivity index (χ0) is 15.4. The van der Waals surface area contributed by atoms with Crippen LogP contribution in [0.15, 0.2) is 30.5 Å². The predicted octanol–water partition coefficient (Wildman–Crippen LogP) is 2.61. The van der Waals surface area contributed by atoms with E-state index in [0.717, 1.165) is 38.7 Å². The number of aromatic amines is 1. The van der Waals surface area contributed by atoms with Crippen LogP contribution in [0.4, 0.5) is 0 Å². The van der Waals surface area contributed by atoms with Gasteiger partial charge in [-0.2, -0.15) is 0 Å². The molecule has 22 heavy (non-hydrogen) atoms. The summed E-state index contributed by atoms with van der Waals surface area (Å²) in [7, 11) is 0. The summed E-state index contributed by atoms with van der Waals surface area (Å²) in [6.07, 6.45) is 2.41. The molecule has 1 aliphatic rings. The normalized spacial score (nSPS) is 20.0. The van der Waals surface area contributed by atoms with Crippen molar-refractivity contribution in [3.63, 3.8) is 0 Å². The SMILES string of the molecule is CC(C)CN1CCO[C@H](CNCc2c[nH]c3ccccc23)C1. The molecule has 0 saturated carbocycles. The molecule has 1 atom stereocenters. The number of para-hydroxylation sites is 1. The Morgan fingerprint density at radius 3 is 3.09 bits per heavy atom. The average Bonchev–Trinajstić information content (AvgIpc) is 2.91. The zero-order valence-electron chi connectivity index (χ0n) is 13.6. The molecule has 2 aromatic rings. The number of H-pyrrole nitrogens is 1. The summed E-state index contributed by atoms with van der Waals surface area (Å²) in [5.74, 6) is 0.720. The largest absolute Gasteiger partial charge is 0.374 e. The van der Waals surface area contributed by atoms with Crippen LogP contribution in [0.1, 0.15) is 19.4 Å². The maximum atomic E-state index is 5.88. The van der Waals surface area contributed by atoms with Crippen molar-refractivity contribution in [2.75, 3.05) is 32.8 Å². The Morgan fingerprint density at radius 1 is 1.36 bits per heavy atom. The van der Waals surface area contributed by atoms with Gasteiger partial charge in [0.15, 0.2) is 0 Å². The van der Waals surface area contributed by atoms with E-state index < -0.39 is 0 Å². The molecular formula is C18H27N3O. The van der Waals surface area contributed by atoms with Gasteiger partial charge in [0.25, 0.3) is 0 Å². The molecule has 4 heteroatoms. The molecule has 0 bridgehead atoms. The van der Waals surface area contributed by atoms with Crippen LogP contribution in [-0.4, -0.2) is 48.8 Å². The van der Waals surface area contributed by atoms with Gasteiger partial charge in [0.1, 0.15) is 0 Å². The molecular weight excluding hydrogens is 274 g/mol. The predicted molar refractivity (Wildman–Crippen MR) is 91.0 cm³/mol. The fourth-order valence-electron chi connectivity index (χ4n) is 3.23. The number of hydrogen-bond acceptors (Lipinski definition) is 3. The highest BCUT2D eigenvalue weighted by Gasteiger charge is 2.20. The van der Waals surface area contributed by atoms with E-state index in [1.54, 1.807) is 0 Å². The molecule has 0 aliphatic carbocycles. The zero-order valence-corrected chi connectivity index (χ0v) is 13.6. The Kier molecular flexibility index (Phi) is 5.13. The molecule has 0 spiro atoms. The minimum atomic E-state index is 0.303. The smallest absolute Gasteiger partial charge is 0.0826 e. The molecule has 1 aromatic carbocycles. The van der Waals surface area contributed by atoms with Gasteiger partial charge in [0.05, 0.1) is 12.7 Å². The summed E-state index contributed by atoms with van der Waals surface area (Å²) in [5, 5.41) is 4.86. The van der Waals surface area contributed by atoms with Crippen molar-refractivity contribution >= 4 is 10.9 Å². The second-order valence-electron chi connectivity index (χ2n) is 6.64. The van der Waals surface area contributed by atoms with E-state index in [1.165, 1.54) is 23.0 Å². The molecule has 4 nitrogen and oxygen atoms in total. The maximum Gasteiger partial charge on any atom is 0.0826 e. The van der Waals surface area contributed by atoms with Gasteiger partial charge in [-0.3, -0.25) is 4.90 Å².